The molecule has 0 aromatic heterocycles. The highest BCUT2D eigenvalue weighted by atomic mass is 19.4. The molecule has 0 unspecified atom stereocenters. The maximum atomic E-state index is 13.1. The fourth-order valence-corrected chi connectivity index (χ4v) is 3.64. The first-order valence-corrected chi connectivity index (χ1v) is 10.2. The highest BCUT2D eigenvalue weighted by Crippen LogP contribution is 2.29. The van der Waals surface area contributed by atoms with Crippen LogP contribution in [0.25, 0.3) is 0 Å². The van der Waals surface area contributed by atoms with E-state index in [2.05, 4.69) is 10.3 Å². The minimum absolute atomic E-state index is 0.186. The highest BCUT2D eigenvalue weighted by Gasteiger charge is 2.32. The fraction of sp³-hybridized carbons (Fsp3) is 0.160. The molecule has 0 fully saturated rings. The van der Waals surface area contributed by atoms with Crippen molar-refractivity contribution in [3.05, 3.63) is 101 Å². The molecule has 3 aromatic carbocycles. The topological polar surface area (TPSA) is 61.8 Å². The molecule has 0 bridgehead atoms. The van der Waals surface area contributed by atoms with E-state index in [0.29, 0.717) is 17.0 Å². The second kappa shape index (κ2) is 8.90. The Morgan fingerprint density at radius 3 is 2.27 bits per heavy atom. The molecular formula is C25H20F3N3O2. The van der Waals surface area contributed by atoms with Gasteiger partial charge in [0.25, 0.3) is 5.91 Å². The summed E-state index contributed by atoms with van der Waals surface area (Å²) in [6.07, 6.45) is -5.82. The van der Waals surface area contributed by atoms with Gasteiger partial charge in [-0.1, -0.05) is 60.7 Å². The van der Waals surface area contributed by atoms with Gasteiger partial charge in [-0.2, -0.15) is 13.2 Å². The number of para-hydroxylation sites is 1. The first kappa shape index (κ1) is 22.3. The van der Waals surface area contributed by atoms with Crippen molar-refractivity contribution < 1.29 is 22.8 Å². The number of benzene rings is 3. The van der Waals surface area contributed by atoms with Gasteiger partial charge in [0.05, 0.1) is 23.4 Å². The second-order valence-corrected chi connectivity index (χ2v) is 7.60. The van der Waals surface area contributed by atoms with Crippen LogP contribution in [0.2, 0.25) is 0 Å². The van der Waals surface area contributed by atoms with E-state index in [9.17, 15) is 22.8 Å². The molecule has 2 amide bonds. The van der Waals surface area contributed by atoms with Crippen molar-refractivity contribution in [1.82, 2.24) is 5.32 Å². The van der Waals surface area contributed by atoms with Gasteiger partial charge in [0.15, 0.2) is 0 Å². The highest BCUT2D eigenvalue weighted by molar-refractivity contribution is 6.20. The van der Waals surface area contributed by atoms with E-state index >= 15 is 0 Å². The molecule has 0 saturated carbocycles. The smallest absolute Gasteiger partial charge is 0.326 e. The van der Waals surface area contributed by atoms with Crippen LogP contribution in [0.15, 0.2) is 83.9 Å². The largest absolute Gasteiger partial charge is 0.416 e. The summed E-state index contributed by atoms with van der Waals surface area (Å²) in [5.41, 5.74) is 2.36. The number of benzodiazepines with no additional fused rings is 1. The average Bonchev–Trinajstić information content (AvgIpc) is 2.90. The molecule has 1 aliphatic heterocycles. The molecule has 1 N–H and O–H groups in total. The van der Waals surface area contributed by atoms with Gasteiger partial charge in [0.1, 0.15) is 0 Å². The maximum Gasteiger partial charge on any atom is 0.416 e. The van der Waals surface area contributed by atoms with Crippen LogP contribution in [0.3, 0.4) is 0 Å². The Morgan fingerprint density at radius 1 is 0.970 bits per heavy atom. The van der Waals surface area contributed by atoms with E-state index in [1.807, 2.05) is 48.5 Å². The summed E-state index contributed by atoms with van der Waals surface area (Å²) >= 11 is 0. The molecule has 1 atom stereocenters. The number of hydrogen-bond acceptors (Lipinski definition) is 3. The molecule has 33 heavy (non-hydrogen) atoms. The van der Waals surface area contributed by atoms with Gasteiger partial charge >= 0.3 is 6.18 Å². The first-order valence-electron chi connectivity index (χ1n) is 10.2. The van der Waals surface area contributed by atoms with Crippen molar-refractivity contribution in [2.45, 2.75) is 18.8 Å². The van der Waals surface area contributed by atoms with Gasteiger partial charge in [-0.15, -0.1) is 0 Å². The van der Waals surface area contributed by atoms with Crippen LogP contribution >= 0.6 is 0 Å². The number of alkyl halides is 3. The molecular weight excluding hydrogens is 431 g/mol. The Kier molecular flexibility index (Phi) is 6.00. The number of hydrogen-bond donors (Lipinski definition) is 1. The van der Waals surface area contributed by atoms with E-state index < -0.39 is 29.7 Å². The number of aliphatic imine (C=N–C) groups is 1. The molecule has 4 rings (SSSR count). The Bertz CT molecular complexity index is 1210. The zero-order chi connectivity index (χ0) is 23.6. The number of carbonyl (C=O) groups is 2. The van der Waals surface area contributed by atoms with E-state index in [-0.39, 0.29) is 6.42 Å². The lowest BCUT2D eigenvalue weighted by molar-refractivity contribution is -0.137. The van der Waals surface area contributed by atoms with Gasteiger partial charge in [0, 0.05) is 18.2 Å². The minimum Gasteiger partial charge on any atom is -0.326 e. The van der Waals surface area contributed by atoms with Gasteiger partial charge in [-0.05, 0) is 23.8 Å². The zero-order valence-electron chi connectivity index (χ0n) is 17.6. The standard InChI is InChI=1S/C25H20F3N3O2/c1-31-20-10-6-5-9-19(20)22(17-7-3-2-4-8-17)30-23(24(31)33)29-21(32)15-16-11-13-18(14-12-16)25(26,27)28/h2-14,23H,15H2,1H3,(H,29,32)/t23-/m1/s1. The number of nitrogens with zero attached hydrogens (tertiary/aromatic N) is 2. The van der Waals surface area contributed by atoms with Gasteiger partial charge in [-0.3, -0.25) is 9.59 Å². The molecule has 0 aliphatic carbocycles. The number of anilines is 1. The summed E-state index contributed by atoms with van der Waals surface area (Å²) in [6.45, 7) is 0. The summed E-state index contributed by atoms with van der Waals surface area (Å²) in [5, 5.41) is 2.63. The SMILES string of the molecule is CN1C(=O)[C@H](NC(=O)Cc2ccc(C(F)(F)F)cc2)N=C(c2ccccc2)c2ccccc21. The monoisotopic (exact) mass is 451 g/mol. The number of fused-ring (bicyclic) bond motifs is 1. The van der Waals surface area contributed by atoms with Crippen LogP contribution in [0.4, 0.5) is 18.9 Å². The van der Waals surface area contributed by atoms with Crippen LogP contribution in [0.5, 0.6) is 0 Å². The van der Waals surface area contributed by atoms with Gasteiger partial charge in [-0.25, -0.2) is 4.99 Å². The zero-order valence-corrected chi connectivity index (χ0v) is 17.6. The lowest BCUT2D eigenvalue weighted by Gasteiger charge is -2.21. The summed E-state index contributed by atoms with van der Waals surface area (Å²) < 4.78 is 38.3. The number of rotatable bonds is 4. The van der Waals surface area contributed by atoms with Crippen molar-refractivity contribution in [2.75, 3.05) is 11.9 Å². The predicted molar refractivity (Wildman–Crippen MR) is 119 cm³/mol. The molecule has 8 heteroatoms. The Hall–Kier alpha value is -3.94. The third-order valence-electron chi connectivity index (χ3n) is 5.33. The fourth-order valence-electron chi connectivity index (χ4n) is 3.64. The quantitative estimate of drug-likeness (QED) is 0.646. The van der Waals surface area contributed by atoms with Crippen LogP contribution < -0.4 is 10.2 Å². The van der Waals surface area contributed by atoms with Crippen molar-refractivity contribution in [3.8, 4) is 0 Å². The number of carbonyl (C=O) groups excluding carboxylic acids is 2. The molecule has 5 nitrogen and oxygen atoms in total. The Balaban J connectivity index is 1.61. The lowest BCUT2D eigenvalue weighted by atomic mass is 10.0. The number of halogens is 3. The Labute approximate surface area is 188 Å². The van der Waals surface area contributed by atoms with E-state index in [1.54, 1.807) is 13.1 Å². The summed E-state index contributed by atoms with van der Waals surface area (Å²) in [6, 6.07) is 21.0. The molecule has 1 aliphatic rings. The lowest BCUT2D eigenvalue weighted by Crippen LogP contribution is -2.46. The Morgan fingerprint density at radius 2 is 1.61 bits per heavy atom. The molecule has 0 spiro atoms. The average molecular weight is 451 g/mol. The summed E-state index contributed by atoms with van der Waals surface area (Å²) in [7, 11) is 1.61. The van der Waals surface area contributed by atoms with Gasteiger partial charge in [0.2, 0.25) is 12.1 Å². The first-order chi connectivity index (χ1) is 15.7. The van der Waals surface area contributed by atoms with E-state index in [1.165, 1.54) is 17.0 Å². The summed E-state index contributed by atoms with van der Waals surface area (Å²) in [5.74, 6) is -0.947. The van der Waals surface area contributed by atoms with Gasteiger partial charge < -0.3 is 10.2 Å². The molecule has 1 heterocycles. The van der Waals surface area contributed by atoms with Crippen LogP contribution in [0, 0.1) is 0 Å². The normalized spacial score (nSPS) is 16.0. The number of nitrogens with one attached hydrogen (secondary N) is 1. The predicted octanol–water partition coefficient (Wildman–Crippen LogP) is 4.20. The van der Waals surface area contributed by atoms with Crippen molar-refractivity contribution in [3.63, 3.8) is 0 Å². The number of amides is 2. The third kappa shape index (κ3) is 4.79. The van der Waals surface area contributed by atoms with Crippen LogP contribution in [-0.4, -0.2) is 30.7 Å². The van der Waals surface area contributed by atoms with Crippen LogP contribution in [-0.2, 0) is 22.2 Å². The van der Waals surface area contributed by atoms with Crippen molar-refractivity contribution in [1.29, 1.82) is 0 Å². The molecule has 0 saturated heterocycles. The number of likely N-dealkylation sites (N-methyl/N-ethyl adjacent to an activating group) is 1. The van der Waals surface area contributed by atoms with E-state index in [0.717, 1.165) is 23.3 Å². The van der Waals surface area contributed by atoms with Crippen molar-refractivity contribution in [2.24, 2.45) is 4.99 Å². The van der Waals surface area contributed by atoms with Crippen LogP contribution in [0.1, 0.15) is 22.3 Å². The molecule has 3 aromatic rings. The third-order valence-corrected chi connectivity index (χ3v) is 5.33. The maximum absolute atomic E-state index is 13.1. The molecule has 0 radical (unpaired) electrons. The van der Waals surface area contributed by atoms with Crippen molar-refractivity contribution >= 4 is 23.2 Å². The van der Waals surface area contributed by atoms with E-state index in [4.69, 9.17) is 0 Å². The summed E-state index contributed by atoms with van der Waals surface area (Å²) in [4.78, 5) is 31.8. The second-order valence-electron chi connectivity index (χ2n) is 7.60. The molecule has 168 valence electrons. The minimum atomic E-state index is -4.45.